The number of likely N-dealkylation sites (N-methyl/N-ethyl adjacent to an activating group) is 1. The molecule has 0 rings (SSSR count). The molecule has 0 saturated carbocycles. The summed E-state index contributed by atoms with van der Waals surface area (Å²) in [6.45, 7) is 4.20. The molecule has 0 aromatic carbocycles. The van der Waals surface area contributed by atoms with Gasteiger partial charge < -0.3 is 4.90 Å². The van der Waals surface area contributed by atoms with Crippen molar-refractivity contribution in [2.24, 2.45) is 0 Å². The first-order valence-electron chi connectivity index (χ1n) is 6.09. The third kappa shape index (κ3) is 9.60. The normalized spacial score (nSPS) is 16.3. The zero-order valence-electron chi connectivity index (χ0n) is 12.2. The second-order valence-corrected chi connectivity index (χ2v) is 7.20. The van der Waals surface area contributed by atoms with Crippen LogP contribution in [0.5, 0.6) is 0 Å². The van der Waals surface area contributed by atoms with E-state index in [1.54, 1.807) is 0 Å². The van der Waals surface area contributed by atoms with Gasteiger partial charge in [0.25, 0.3) is 0 Å². The first kappa shape index (κ1) is 19.1. The molecule has 0 aliphatic rings. The lowest BCUT2D eigenvalue weighted by atomic mass is 10.3. The number of carbonyl (C=O) groups excluding carboxylic acids is 1. The first-order valence-corrected chi connectivity index (χ1v) is 8.54. The molecular formula is C11H24NO5PS. The van der Waals surface area contributed by atoms with Crippen molar-refractivity contribution in [2.45, 2.75) is 26.4 Å². The summed E-state index contributed by atoms with van der Waals surface area (Å²) in [4.78, 5) is 12.7. The number of phosphoric acid groups is 1. The molecule has 0 aromatic rings. The van der Waals surface area contributed by atoms with Crippen LogP contribution in [0.25, 0.3) is 0 Å². The van der Waals surface area contributed by atoms with Crippen molar-refractivity contribution in [1.82, 2.24) is 4.90 Å². The maximum atomic E-state index is 12.2. The van der Waals surface area contributed by atoms with Crippen LogP contribution in [-0.2, 0) is 22.9 Å². The largest absolute Gasteiger partial charge is 0.474 e. The Balaban J connectivity index is 4.26. The van der Waals surface area contributed by atoms with Crippen molar-refractivity contribution in [2.75, 3.05) is 40.1 Å². The minimum atomic E-state index is -3.54. The number of nitrogens with zero attached hydrogens (tertiary/aromatic N) is 1. The summed E-state index contributed by atoms with van der Waals surface area (Å²) in [7, 11) is 1.57. The number of hydrogen-bond donors (Lipinski definition) is 0. The summed E-state index contributed by atoms with van der Waals surface area (Å²) in [5, 5.41) is -0.00388. The molecule has 6 nitrogen and oxygen atoms in total. The minimum Gasteiger partial charge on any atom is -0.307 e. The third-order valence-corrected chi connectivity index (χ3v) is 4.44. The molecular weight excluding hydrogens is 289 g/mol. The van der Waals surface area contributed by atoms with Gasteiger partial charge in [0.1, 0.15) is 0 Å². The van der Waals surface area contributed by atoms with Crippen LogP contribution < -0.4 is 0 Å². The fourth-order valence-electron chi connectivity index (χ4n) is 1.29. The molecule has 19 heavy (non-hydrogen) atoms. The second-order valence-electron chi connectivity index (χ2n) is 4.20. The fourth-order valence-corrected chi connectivity index (χ4v) is 3.01. The van der Waals surface area contributed by atoms with Gasteiger partial charge in [-0.3, -0.25) is 18.4 Å². The van der Waals surface area contributed by atoms with Gasteiger partial charge in [0.05, 0.1) is 12.7 Å². The highest BCUT2D eigenvalue weighted by Crippen LogP contribution is 2.50. The lowest BCUT2D eigenvalue weighted by Gasteiger charge is -2.24. The van der Waals surface area contributed by atoms with Crippen LogP contribution in [-0.4, -0.2) is 56.2 Å². The van der Waals surface area contributed by atoms with Crippen LogP contribution >= 0.6 is 19.6 Å². The van der Waals surface area contributed by atoms with Crippen molar-refractivity contribution >= 4 is 24.7 Å². The molecule has 0 aliphatic carbocycles. The zero-order valence-corrected chi connectivity index (χ0v) is 14.0. The standard InChI is InChI=1S/C11H24NO5PS/c1-6-11(9-12(3)4)17-18(14,15-5)16-7-8-19-10(2)13/h11H,6-9H2,1-5H3. The maximum absolute atomic E-state index is 12.2. The van der Waals surface area contributed by atoms with E-state index in [0.29, 0.717) is 18.7 Å². The quantitative estimate of drug-likeness (QED) is 0.453. The molecule has 0 spiro atoms. The van der Waals surface area contributed by atoms with E-state index >= 15 is 0 Å². The van der Waals surface area contributed by atoms with E-state index in [2.05, 4.69) is 0 Å². The average Bonchev–Trinajstić information content (AvgIpc) is 2.33. The van der Waals surface area contributed by atoms with Gasteiger partial charge in [-0.1, -0.05) is 18.7 Å². The van der Waals surface area contributed by atoms with E-state index in [1.165, 1.54) is 14.0 Å². The molecule has 2 unspecified atom stereocenters. The topological polar surface area (TPSA) is 65.1 Å². The molecule has 0 aromatic heterocycles. The predicted molar refractivity (Wildman–Crippen MR) is 77.4 cm³/mol. The summed E-state index contributed by atoms with van der Waals surface area (Å²) in [5.74, 6) is 0.427. The summed E-state index contributed by atoms with van der Waals surface area (Å²) in [6.07, 6.45) is 0.484. The molecule has 2 atom stereocenters. The molecule has 114 valence electrons. The van der Waals surface area contributed by atoms with E-state index < -0.39 is 7.82 Å². The van der Waals surface area contributed by atoms with Crippen molar-refractivity contribution in [3.8, 4) is 0 Å². The molecule has 0 N–H and O–H groups in total. The van der Waals surface area contributed by atoms with Crippen LogP contribution in [0.4, 0.5) is 0 Å². The van der Waals surface area contributed by atoms with Crippen LogP contribution in [0.15, 0.2) is 0 Å². The Kier molecular flexibility index (Phi) is 9.96. The summed E-state index contributed by atoms with van der Waals surface area (Å²) >= 11 is 1.11. The Morgan fingerprint density at radius 1 is 1.42 bits per heavy atom. The third-order valence-electron chi connectivity index (χ3n) is 2.16. The molecule has 0 fully saturated rings. The molecule has 0 heterocycles. The molecule has 0 saturated heterocycles. The van der Waals surface area contributed by atoms with Crippen LogP contribution in [0, 0.1) is 0 Å². The van der Waals surface area contributed by atoms with Gasteiger partial charge in [-0.15, -0.1) is 0 Å². The molecule has 0 radical (unpaired) electrons. The van der Waals surface area contributed by atoms with Crippen LogP contribution in [0.3, 0.4) is 0 Å². The molecule has 0 amide bonds. The van der Waals surface area contributed by atoms with E-state index in [1.807, 2.05) is 25.9 Å². The Labute approximate surface area is 119 Å². The average molecular weight is 313 g/mol. The summed E-state index contributed by atoms with van der Waals surface area (Å²) in [6, 6.07) is 0. The van der Waals surface area contributed by atoms with Crippen molar-refractivity contribution in [1.29, 1.82) is 0 Å². The van der Waals surface area contributed by atoms with Gasteiger partial charge in [0.15, 0.2) is 5.12 Å². The maximum Gasteiger partial charge on any atom is 0.474 e. The lowest BCUT2D eigenvalue weighted by Crippen LogP contribution is -2.27. The first-order chi connectivity index (χ1) is 8.83. The SMILES string of the molecule is CCC(CN(C)C)OP(=O)(OC)OCCSC(C)=O. The zero-order chi connectivity index (χ0) is 14.9. The molecule has 8 heteroatoms. The Hall–Kier alpha value is 0.0900. The van der Waals surface area contributed by atoms with Gasteiger partial charge in [0.2, 0.25) is 0 Å². The van der Waals surface area contributed by atoms with E-state index in [4.69, 9.17) is 13.6 Å². The highest BCUT2D eigenvalue weighted by atomic mass is 32.2. The van der Waals surface area contributed by atoms with E-state index in [-0.39, 0.29) is 17.8 Å². The second kappa shape index (κ2) is 9.91. The Morgan fingerprint density at radius 3 is 2.47 bits per heavy atom. The van der Waals surface area contributed by atoms with Gasteiger partial charge in [-0.25, -0.2) is 4.57 Å². The highest BCUT2D eigenvalue weighted by molar-refractivity contribution is 8.13. The number of carbonyl (C=O) groups is 1. The summed E-state index contributed by atoms with van der Waals surface area (Å²) < 4.78 is 27.6. The monoisotopic (exact) mass is 313 g/mol. The van der Waals surface area contributed by atoms with Crippen LogP contribution in [0.1, 0.15) is 20.3 Å². The van der Waals surface area contributed by atoms with Crippen LogP contribution in [0.2, 0.25) is 0 Å². The van der Waals surface area contributed by atoms with E-state index in [9.17, 15) is 9.36 Å². The van der Waals surface area contributed by atoms with Crippen molar-refractivity contribution < 1.29 is 22.9 Å². The number of rotatable bonds is 10. The number of thioether (sulfide) groups is 1. The lowest BCUT2D eigenvalue weighted by molar-refractivity contribution is -0.109. The number of phosphoric ester groups is 1. The van der Waals surface area contributed by atoms with Gasteiger partial charge in [0, 0.05) is 26.3 Å². The van der Waals surface area contributed by atoms with E-state index in [0.717, 1.165) is 11.8 Å². The smallest absolute Gasteiger partial charge is 0.307 e. The van der Waals surface area contributed by atoms with Gasteiger partial charge >= 0.3 is 7.82 Å². The fraction of sp³-hybridized carbons (Fsp3) is 0.909. The van der Waals surface area contributed by atoms with Crippen molar-refractivity contribution in [3.05, 3.63) is 0 Å². The highest BCUT2D eigenvalue weighted by Gasteiger charge is 2.29. The van der Waals surface area contributed by atoms with Gasteiger partial charge in [-0.05, 0) is 20.5 Å². The molecule has 0 bridgehead atoms. The Morgan fingerprint density at radius 2 is 2.05 bits per heavy atom. The predicted octanol–water partition coefficient (Wildman–Crippen LogP) is 2.39. The summed E-state index contributed by atoms with van der Waals surface area (Å²) in [5.41, 5.74) is 0. The number of hydrogen-bond acceptors (Lipinski definition) is 7. The van der Waals surface area contributed by atoms with Crippen molar-refractivity contribution in [3.63, 3.8) is 0 Å². The minimum absolute atomic E-state index is 0.00388. The molecule has 0 aliphatic heterocycles. The van der Waals surface area contributed by atoms with Gasteiger partial charge in [-0.2, -0.15) is 0 Å². The Bertz CT molecular complexity index is 313.